The van der Waals surface area contributed by atoms with Gasteiger partial charge in [0.25, 0.3) is 5.91 Å². The van der Waals surface area contributed by atoms with Crippen molar-refractivity contribution in [1.82, 2.24) is 16.2 Å². The van der Waals surface area contributed by atoms with Gasteiger partial charge in [-0.05, 0) is 36.4 Å². The molecule has 0 spiro atoms. The number of carbonyl (C=O) groups is 3. The zero-order valence-corrected chi connectivity index (χ0v) is 16.5. The largest absolute Gasteiger partial charge is 0.352 e. The minimum Gasteiger partial charge on any atom is -0.352 e. The molecule has 142 valence electrons. The summed E-state index contributed by atoms with van der Waals surface area (Å²) in [4.78, 5) is 35.6. The van der Waals surface area contributed by atoms with Crippen LogP contribution in [0.2, 0.25) is 0 Å². The first-order chi connectivity index (χ1) is 13.0. The van der Waals surface area contributed by atoms with Gasteiger partial charge in [0.15, 0.2) is 0 Å². The molecule has 2 rings (SSSR count). The van der Waals surface area contributed by atoms with Crippen molar-refractivity contribution in [2.45, 2.75) is 11.3 Å². The Kier molecular flexibility index (Phi) is 8.28. The SMILES string of the molecule is O=C(CCNC(=O)c1ccc(Br)cc1)NNC(=O)CSc1ccccc1F. The second kappa shape index (κ2) is 10.7. The highest BCUT2D eigenvalue weighted by atomic mass is 79.9. The van der Waals surface area contributed by atoms with Crippen LogP contribution in [-0.4, -0.2) is 30.0 Å². The summed E-state index contributed by atoms with van der Waals surface area (Å²) in [6.07, 6.45) is 0.00298. The van der Waals surface area contributed by atoms with E-state index in [-0.39, 0.29) is 24.6 Å². The van der Waals surface area contributed by atoms with Crippen LogP contribution in [0.4, 0.5) is 4.39 Å². The summed E-state index contributed by atoms with van der Waals surface area (Å²) in [5, 5.41) is 2.62. The topological polar surface area (TPSA) is 87.3 Å². The molecule has 0 heterocycles. The Balaban J connectivity index is 1.62. The molecule has 0 atom stereocenters. The van der Waals surface area contributed by atoms with Crippen LogP contribution < -0.4 is 16.2 Å². The predicted molar refractivity (Wildman–Crippen MR) is 105 cm³/mol. The molecule has 0 radical (unpaired) electrons. The number of hydrogen-bond donors (Lipinski definition) is 3. The third-order valence-corrected chi connectivity index (χ3v) is 4.86. The van der Waals surface area contributed by atoms with Crippen molar-refractivity contribution < 1.29 is 18.8 Å². The average Bonchev–Trinajstić information content (AvgIpc) is 2.66. The van der Waals surface area contributed by atoms with Gasteiger partial charge in [-0.15, -0.1) is 11.8 Å². The molecule has 27 heavy (non-hydrogen) atoms. The third kappa shape index (κ3) is 7.40. The smallest absolute Gasteiger partial charge is 0.251 e. The van der Waals surface area contributed by atoms with E-state index < -0.39 is 17.6 Å². The molecular weight excluding hydrogens is 437 g/mol. The number of halogens is 2. The third-order valence-electron chi connectivity index (χ3n) is 3.28. The lowest BCUT2D eigenvalue weighted by atomic mass is 10.2. The maximum atomic E-state index is 13.4. The predicted octanol–water partition coefficient (Wildman–Crippen LogP) is 2.65. The van der Waals surface area contributed by atoms with Gasteiger partial charge in [-0.3, -0.25) is 25.2 Å². The maximum absolute atomic E-state index is 13.4. The van der Waals surface area contributed by atoms with E-state index in [2.05, 4.69) is 32.1 Å². The van der Waals surface area contributed by atoms with Crippen LogP contribution in [0.25, 0.3) is 0 Å². The minimum absolute atomic E-state index is 0.00298. The number of amides is 3. The van der Waals surface area contributed by atoms with Gasteiger partial charge in [-0.1, -0.05) is 28.1 Å². The fraction of sp³-hybridized carbons (Fsp3) is 0.167. The molecule has 0 bridgehead atoms. The number of hydrazine groups is 1. The quantitative estimate of drug-likeness (QED) is 0.444. The Morgan fingerprint density at radius 3 is 2.33 bits per heavy atom. The fourth-order valence-corrected chi connectivity index (χ4v) is 2.94. The van der Waals surface area contributed by atoms with Crippen LogP contribution in [0.3, 0.4) is 0 Å². The van der Waals surface area contributed by atoms with E-state index in [1.807, 2.05) is 0 Å². The molecule has 0 aliphatic heterocycles. The van der Waals surface area contributed by atoms with Gasteiger partial charge in [-0.2, -0.15) is 0 Å². The molecular formula is C18H17BrFN3O3S. The van der Waals surface area contributed by atoms with E-state index in [1.165, 1.54) is 6.07 Å². The van der Waals surface area contributed by atoms with Crippen LogP contribution in [0.5, 0.6) is 0 Å². The average molecular weight is 454 g/mol. The zero-order chi connectivity index (χ0) is 19.6. The Morgan fingerprint density at radius 2 is 1.63 bits per heavy atom. The highest BCUT2D eigenvalue weighted by molar-refractivity contribution is 9.10. The van der Waals surface area contributed by atoms with E-state index in [1.54, 1.807) is 42.5 Å². The molecule has 0 saturated carbocycles. The number of hydrogen-bond acceptors (Lipinski definition) is 4. The molecule has 0 aliphatic rings. The summed E-state index contributed by atoms with van der Waals surface area (Å²) in [5.41, 5.74) is 4.98. The van der Waals surface area contributed by atoms with Crippen molar-refractivity contribution in [2.24, 2.45) is 0 Å². The van der Waals surface area contributed by atoms with E-state index in [0.29, 0.717) is 10.5 Å². The summed E-state index contributed by atoms with van der Waals surface area (Å²) in [5.74, 6) is -1.64. The highest BCUT2D eigenvalue weighted by Gasteiger charge is 2.09. The van der Waals surface area contributed by atoms with Gasteiger partial charge in [0.2, 0.25) is 11.8 Å². The number of carbonyl (C=O) groups excluding carboxylic acids is 3. The molecule has 0 fully saturated rings. The Morgan fingerprint density at radius 1 is 0.963 bits per heavy atom. The number of thioether (sulfide) groups is 1. The van der Waals surface area contributed by atoms with Gasteiger partial charge in [0, 0.05) is 27.9 Å². The fourth-order valence-electron chi connectivity index (χ4n) is 1.94. The van der Waals surface area contributed by atoms with Crippen LogP contribution in [0.1, 0.15) is 16.8 Å². The molecule has 2 aromatic carbocycles. The van der Waals surface area contributed by atoms with Crippen molar-refractivity contribution in [3.8, 4) is 0 Å². The molecule has 3 amide bonds. The maximum Gasteiger partial charge on any atom is 0.251 e. The standard InChI is InChI=1S/C18H17BrFN3O3S/c19-13-7-5-12(6-8-13)18(26)21-10-9-16(24)22-23-17(25)11-27-15-4-2-1-3-14(15)20/h1-8H,9-11H2,(H,21,26)(H,22,24)(H,23,25). The Bertz CT molecular complexity index is 818. The van der Waals surface area contributed by atoms with Crippen molar-refractivity contribution in [3.63, 3.8) is 0 Å². The van der Waals surface area contributed by atoms with Crippen LogP contribution in [0.15, 0.2) is 57.9 Å². The molecule has 0 unspecified atom stereocenters. The molecule has 3 N–H and O–H groups in total. The van der Waals surface area contributed by atoms with Crippen molar-refractivity contribution in [1.29, 1.82) is 0 Å². The zero-order valence-electron chi connectivity index (χ0n) is 14.1. The molecule has 6 nitrogen and oxygen atoms in total. The summed E-state index contributed by atoms with van der Waals surface area (Å²) < 4.78 is 14.3. The van der Waals surface area contributed by atoms with Crippen LogP contribution in [-0.2, 0) is 9.59 Å². The first-order valence-corrected chi connectivity index (χ1v) is 9.72. The normalized spacial score (nSPS) is 10.1. The second-order valence-electron chi connectivity index (χ2n) is 5.33. The van der Waals surface area contributed by atoms with Gasteiger partial charge >= 0.3 is 0 Å². The summed E-state index contributed by atoms with van der Waals surface area (Å²) in [6, 6.07) is 12.9. The van der Waals surface area contributed by atoms with Crippen molar-refractivity contribution >= 4 is 45.4 Å². The van der Waals surface area contributed by atoms with Gasteiger partial charge < -0.3 is 5.32 Å². The Labute approximate surface area is 168 Å². The molecule has 0 saturated heterocycles. The van der Waals surface area contributed by atoms with Crippen LogP contribution in [0, 0.1) is 5.82 Å². The molecule has 2 aromatic rings. The number of benzene rings is 2. The monoisotopic (exact) mass is 453 g/mol. The highest BCUT2D eigenvalue weighted by Crippen LogP contribution is 2.20. The van der Waals surface area contributed by atoms with E-state index >= 15 is 0 Å². The van der Waals surface area contributed by atoms with E-state index in [9.17, 15) is 18.8 Å². The lowest BCUT2D eigenvalue weighted by Crippen LogP contribution is -2.43. The summed E-state index contributed by atoms with van der Waals surface area (Å²) >= 11 is 4.31. The minimum atomic E-state index is -0.462. The van der Waals surface area contributed by atoms with Crippen molar-refractivity contribution in [3.05, 3.63) is 64.4 Å². The van der Waals surface area contributed by atoms with E-state index in [4.69, 9.17) is 0 Å². The summed E-state index contributed by atoms with van der Waals surface area (Å²) in [7, 11) is 0. The molecule has 0 aromatic heterocycles. The number of nitrogens with one attached hydrogen (secondary N) is 3. The van der Waals surface area contributed by atoms with Crippen molar-refractivity contribution in [2.75, 3.05) is 12.3 Å². The van der Waals surface area contributed by atoms with Crippen LogP contribution >= 0.6 is 27.7 Å². The lowest BCUT2D eigenvalue weighted by molar-refractivity contribution is -0.127. The van der Waals surface area contributed by atoms with Gasteiger partial charge in [0.05, 0.1) is 5.75 Å². The van der Waals surface area contributed by atoms with E-state index in [0.717, 1.165) is 16.2 Å². The first-order valence-electron chi connectivity index (χ1n) is 7.94. The lowest BCUT2D eigenvalue weighted by Gasteiger charge is -2.08. The first kappa shape index (κ1) is 20.9. The van der Waals surface area contributed by atoms with Gasteiger partial charge in [-0.25, -0.2) is 4.39 Å². The molecule has 0 aliphatic carbocycles. The molecule has 9 heteroatoms. The summed E-state index contributed by atoms with van der Waals surface area (Å²) in [6.45, 7) is 0.126. The second-order valence-corrected chi connectivity index (χ2v) is 7.26. The Hall–Kier alpha value is -2.39. The number of rotatable bonds is 7. The van der Waals surface area contributed by atoms with Gasteiger partial charge in [0.1, 0.15) is 5.82 Å².